The number of nitrogens with one attached hydrogen (secondary N) is 2. The summed E-state index contributed by atoms with van der Waals surface area (Å²) in [4.78, 5) is 17.9. The van der Waals surface area contributed by atoms with Gasteiger partial charge in [0, 0.05) is 5.25 Å². The Hall–Kier alpha value is -3.13. The van der Waals surface area contributed by atoms with Gasteiger partial charge in [0.15, 0.2) is 11.6 Å². The minimum atomic E-state index is -0.661. The molecule has 2 fully saturated rings. The van der Waals surface area contributed by atoms with Gasteiger partial charge in [-0.2, -0.15) is 5.26 Å². The number of anilines is 1. The molecule has 36 heavy (non-hydrogen) atoms. The minimum absolute atomic E-state index is 0.0576. The molecule has 2 aliphatic heterocycles. The molecule has 0 saturated carbocycles. The van der Waals surface area contributed by atoms with Crippen LogP contribution in [0.5, 0.6) is 11.5 Å². The quantitative estimate of drug-likeness (QED) is 0.459. The van der Waals surface area contributed by atoms with E-state index in [2.05, 4.69) is 15.0 Å². The number of piperidine rings is 1. The zero-order chi connectivity index (χ0) is 25.3. The summed E-state index contributed by atoms with van der Waals surface area (Å²) in [7, 11) is 0. The highest BCUT2D eigenvalue weighted by atomic mass is 32.2. The molecule has 0 aliphatic carbocycles. The van der Waals surface area contributed by atoms with Crippen molar-refractivity contribution in [2.24, 2.45) is 0 Å². The summed E-state index contributed by atoms with van der Waals surface area (Å²) in [6.07, 6.45) is 4.19. The zero-order valence-corrected chi connectivity index (χ0v) is 21.0. The molecule has 2 saturated heterocycles. The van der Waals surface area contributed by atoms with E-state index >= 15 is 0 Å². The van der Waals surface area contributed by atoms with Crippen molar-refractivity contribution in [3.05, 3.63) is 58.4 Å². The number of nitrogens with zero attached hydrogens (tertiary/aromatic N) is 3. The van der Waals surface area contributed by atoms with Crippen molar-refractivity contribution in [3.8, 4) is 17.6 Å². The number of aromatic nitrogens is 2. The second-order valence-corrected chi connectivity index (χ2v) is 10.9. The first-order valence-corrected chi connectivity index (χ1v) is 12.9. The summed E-state index contributed by atoms with van der Waals surface area (Å²) in [6, 6.07) is 9.54. The lowest BCUT2D eigenvalue weighted by Gasteiger charge is -2.32. The number of hydrogen-bond acceptors (Lipinski definition) is 8. The van der Waals surface area contributed by atoms with Gasteiger partial charge in [-0.1, -0.05) is 13.8 Å². The van der Waals surface area contributed by atoms with Crippen LogP contribution in [0.4, 0.5) is 10.1 Å². The molecule has 1 spiro atoms. The van der Waals surface area contributed by atoms with Crippen LogP contribution in [0.3, 0.4) is 0 Å². The Labute approximate surface area is 212 Å². The number of nitriles is 1. The molecular weight excluding hydrogens is 481 g/mol. The molecule has 3 aromatic rings. The lowest BCUT2D eigenvalue weighted by molar-refractivity contribution is -0.0196. The summed E-state index contributed by atoms with van der Waals surface area (Å²) < 4.78 is 31.5. The second kappa shape index (κ2) is 10.1. The second-order valence-electron chi connectivity index (χ2n) is 9.52. The molecular formula is C26H28FN5O3S. The van der Waals surface area contributed by atoms with Crippen molar-refractivity contribution in [3.63, 3.8) is 0 Å². The summed E-state index contributed by atoms with van der Waals surface area (Å²) in [5.41, 5.74) is 0.652. The molecule has 0 radical (unpaired) electrons. The van der Waals surface area contributed by atoms with Gasteiger partial charge in [0.1, 0.15) is 17.4 Å². The fourth-order valence-corrected chi connectivity index (χ4v) is 5.35. The minimum Gasteiger partial charge on any atom is -0.453 e. The van der Waals surface area contributed by atoms with Crippen LogP contribution in [-0.2, 0) is 4.74 Å². The van der Waals surface area contributed by atoms with Crippen molar-refractivity contribution >= 4 is 28.5 Å². The first kappa shape index (κ1) is 24.6. The van der Waals surface area contributed by atoms with Gasteiger partial charge >= 0.3 is 0 Å². The largest absolute Gasteiger partial charge is 0.453 e. The molecule has 1 atom stereocenters. The number of fused-ring (bicyclic) bond motifs is 1. The van der Waals surface area contributed by atoms with E-state index in [9.17, 15) is 14.4 Å². The third kappa shape index (κ3) is 4.78. The van der Waals surface area contributed by atoms with Gasteiger partial charge in [0.25, 0.3) is 5.56 Å². The molecule has 2 aliphatic rings. The highest BCUT2D eigenvalue weighted by molar-refractivity contribution is 8.01. The molecule has 5 rings (SSSR count). The van der Waals surface area contributed by atoms with E-state index in [1.165, 1.54) is 24.1 Å². The SMILES string of the molecule is CC(C)SNc1ccc(F)c(Oc2ccc3ncn(C4COC5(CCNCC5)C4)c(=O)c3c2)c1C#N. The lowest BCUT2D eigenvalue weighted by Crippen LogP contribution is -2.41. The van der Waals surface area contributed by atoms with Gasteiger partial charge in [-0.3, -0.25) is 9.36 Å². The van der Waals surface area contributed by atoms with Crippen molar-refractivity contribution in [1.29, 1.82) is 5.26 Å². The van der Waals surface area contributed by atoms with E-state index in [1.807, 2.05) is 19.9 Å². The Kier molecular flexibility index (Phi) is 6.88. The van der Waals surface area contributed by atoms with Gasteiger partial charge in [-0.05, 0) is 74.6 Å². The molecule has 8 nitrogen and oxygen atoms in total. The molecule has 1 unspecified atom stereocenters. The van der Waals surface area contributed by atoms with Crippen molar-refractivity contribution in [2.45, 2.75) is 50.0 Å². The number of ether oxygens (including phenoxy) is 2. The summed E-state index contributed by atoms with van der Waals surface area (Å²) in [6.45, 7) is 6.29. The van der Waals surface area contributed by atoms with Crippen LogP contribution in [0.1, 0.15) is 44.7 Å². The van der Waals surface area contributed by atoms with Crippen LogP contribution in [0.2, 0.25) is 0 Å². The van der Waals surface area contributed by atoms with Crippen LogP contribution in [0.25, 0.3) is 10.9 Å². The Morgan fingerprint density at radius 3 is 2.89 bits per heavy atom. The fraction of sp³-hybridized carbons (Fsp3) is 0.423. The Morgan fingerprint density at radius 1 is 1.33 bits per heavy atom. The highest BCUT2D eigenvalue weighted by Gasteiger charge is 2.42. The average molecular weight is 510 g/mol. The maximum atomic E-state index is 14.7. The van der Waals surface area contributed by atoms with Gasteiger partial charge < -0.3 is 19.5 Å². The Balaban J connectivity index is 1.45. The maximum absolute atomic E-state index is 14.7. The number of hydrogen-bond donors (Lipinski definition) is 2. The summed E-state index contributed by atoms with van der Waals surface area (Å²) >= 11 is 1.42. The first-order chi connectivity index (χ1) is 17.4. The van der Waals surface area contributed by atoms with E-state index in [0.717, 1.165) is 32.4 Å². The van der Waals surface area contributed by atoms with Gasteiger partial charge in [0.2, 0.25) is 0 Å². The third-order valence-electron chi connectivity index (χ3n) is 6.70. The summed E-state index contributed by atoms with van der Waals surface area (Å²) in [5.74, 6) is -0.598. The van der Waals surface area contributed by atoms with Crippen LogP contribution >= 0.6 is 11.9 Å². The topological polar surface area (TPSA) is 101 Å². The van der Waals surface area contributed by atoms with Crippen LogP contribution in [0.15, 0.2) is 41.5 Å². The molecule has 2 N–H and O–H groups in total. The Morgan fingerprint density at radius 2 is 2.14 bits per heavy atom. The van der Waals surface area contributed by atoms with Crippen LogP contribution < -0.4 is 20.3 Å². The van der Waals surface area contributed by atoms with Crippen LogP contribution in [0, 0.1) is 17.1 Å². The van der Waals surface area contributed by atoms with Gasteiger partial charge in [0.05, 0.1) is 41.2 Å². The lowest BCUT2D eigenvalue weighted by atomic mass is 9.88. The van der Waals surface area contributed by atoms with Gasteiger partial charge in [-0.25, -0.2) is 9.37 Å². The smallest absolute Gasteiger partial charge is 0.261 e. The predicted molar refractivity (Wildman–Crippen MR) is 138 cm³/mol. The molecule has 2 aromatic carbocycles. The van der Waals surface area contributed by atoms with E-state index in [-0.39, 0.29) is 39.5 Å². The fourth-order valence-electron chi connectivity index (χ4n) is 4.82. The van der Waals surface area contributed by atoms with Crippen molar-refractivity contribution in [2.75, 3.05) is 24.4 Å². The number of benzene rings is 2. The molecule has 3 heterocycles. The number of rotatable bonds is 6. The number of halogens is 1. The molecule has 0 bridgehead atoms. The van der Waals surface area contributed by atoms with E-state index in [1.54, 1.807) is 29.1 Å². The van der Waals surface area contributed by atoms with E-state index < -0.39 is 5.82 Å². The molecule has 10 heteroatoms. The van der Waals surface area contributed by atoms with E-state index in [4.69, 9.17) is 9.47 Å². The monoisotopic (exact) mass is 509 g/mol. The van der Waals surface area contributed by atoms with Crippen LogP contribution in [-0.4, -0.2) is 40.1 Å². The van der Waals surface area contributed by atoms with Gasteiger partial charge in [-0.15, -0.1) is 0 Å². The molecule has 188 valence electrons. The van der Waals surface area contributed by atoms with Crippen molar-refractivity contribution in [1.82, 2.24) is 14.9 Å². The normalized spacial score (nSPS) is 19.0. The van der Waals surface area contributed by atoms with Crippen molar-refractivity contribution < 1.29 is 13.9 Å². The van der Waals surface area contributed by atoms with E-state index in [0.29, 0.717) is 23.2 Å². The predicted octanol–water partition coefficient (Wildman–Crippen LogP) is 4.75. The maximum Gasteiger partial charge on any atom is 0.261 e. The highest BCUT2D eigenvalue weighted by Crippen LogP contribution is 2.39. The molecule has 1 aromatic heterocycles. The average Bonchev–Trinajstić information content (AvgIpc) is 3.27. The zero-order valence-electron chi connectivity index (χ0n) is 20.2. The standard InChI is InChI=1S/C26H28FN5O3S/c1-16(2)36-31-23-6-4-21(27)24(20(23)13-28)35-18-3-5-22-19(11-18)25(33)32(15-30-22)17-12-26(34-14-17)7-9-29-10-8-26/h3-6,11,15-17,29,31H,7-10,12,14H2,1-2H3. The third-order valence-corrected chi connectivity index (χ3v) is 7.51. The molecule has 0 amide bonds. The summed E-state index contributed by atoms with van der Waals surface area (Å²) in [5, 5.41) is 13.7. The Bertz CT molecular complexity index is 1380. The first-order valence-electron chi connectivity index (χ1n) is 12.1.